The van der Waals surface area contributed by atoms with Gasteiger partial charge in [0.15, 0.2) is 0 Å². The number of amides is 1. The average molecular weight is 481 g/mol. The molecule has 0 aliphatic carbocycles. The van der Waals surface area contributed by atoms with Gasteiger partial charge in [0.25, 0.3) is 5.91 Å². The molecule has 0 spiro atoms. The van der Waals surface area contributed by atoms with E-state index in [1.165, 1.54) is 5.56 Å². The Labute approximate surface area is 208 Å². The molecule has 0 aliphatic heterocycles. The Kier molecular flexibility index (Phi) is 10.6. The zero-order valence-corrected chi connectivity index (χ0v) is 20.6. The summed E-state index contributed by atoms with van der Waals surface area (Å²) in [5.41, 5.74) is 4.64. The zero-order chi connectivity index (χ0) is 23.6. The second-order valence-corrected chi connectivity index (χ2v) is 8.55. The lowest BCUT2D eigenvalue weighted by Crippen LogP contribution is -2.15. The fraction of sp³-hybridized carbons (Fsp3) is 0.286. The minimum absolute atomic E-state index is 0. The Balaban J connectivity index is 0.00000408. The van der Waals surface area contributed by atoms with Gasteiger partial charge in [0.05, 0.1) is 5.92 Å². The number of hydrogen-bond donors (Lipinski definition) is 2. The van der Waals surface area contributed by atoms with Gasteiger partial charge >= 0.3 is 5.97 Å². The second-order valence-electron chi connectivity index (χ2n) is 8.55. The normalized spacial score (nSPS) is 11.2. The Morgan fingerprint density at radius 1 is 0.853 bits per heavy atom. The highest BCUT2D eigenvalue weighted by molar-refractivity contribution is 6.04. The summed E-state index contributed by atoms with van der Waals surface area (Å²) in [6.45, 7) is 0. The van der Waals surface area contributed by atoms with Gasteiger partial charge in [-0.25, -0.2) is 0 Å². The number of aliphatic carboxylic acids is 1. The van der Waals surface area contributed by atoms with Gasteiger partial charge in [-0.2, -0.15) is 0 Å². The van der Waals surface area contributed by atoms with Gasteiger partial charge in [-0.3, -0.25) is 9.59 Å². The van der Waals surface area contributed by atoms with Crippen LogP contribution in [0, 0.1) is 5.92 Å². The molecule has 0 saturated carbocycles. The first-order valence-corrected chi connectivity index (χ1v) is 11.4. The van der Waals surface area contributed by atoms with Crippen LogP contribution in [0.1, 0.15) is 40.7 Å². The van der Waals surface area contributed by atoms with Crippen molar-refractivity contribution in [3.8, 4) is 0 Å². The third-order valence-electron chi connectivity index (χ3n) is 5.82. The lowest BCUT2D eigenvalue weighted by Gasteiger charge is -2.13. The highest BCUT2D eigenvalue weighted by Gasteiger charge is 2.17. The lowest BCUT2D eigenvalue weighted by molar-refractivity contribution is -0.142. The molecule has 3 aromatic carbocycles. The van der Waals surface area contributed by atoms with E-state index in [1.807, 2.05) is 97.9 Å². The van der Waals surface area contributed by atoms with Crippen LogP contribution in [0.3, 0.4) is 0 Å². The lowest BCUT2D eigenvalue weighted by atomic mass is 9.93. The van der Waals surface area contributed by atoms with E-state index in [2.05, 4.69) is 5.32 Å². The van der Waals surface area contributed by atoms with Crippen LogP contribution in [0.25, 0.3) is 0 Å². The number of carbonyl (C=O) groups is 2. The Morgan fingerprint density at radius 2 is 1.53 bits per heavy atom. The Morgan fingerprint density at radius 3 is 2.18 bits per heavy atom. The van der Waals surface area contributed by atoms with E-state index in [-0.39, 0.29) is 24.2 Å². The maximum absolute atomic E-state index is 12.6. The van der Waals surface area contributed by atoms with E-state index >= 15 is 0 Å². The number of hydrogen-bond acceptors (Lipinski definition) is 3. The van der Waals surface area contributed by atoms with Gasteiger partial charge in [0.1, 0.15) is 0 Å². The predicted octanol–water partition coefficient (Wildman–Crippen LogP) is 6.08. The van der Waals surface area contributed by atoms with Crippen LogP contribution in [0.4, 0.5) is 11.4 Å². The fourth-order valence-electron chi connectivity index (χ4n) is 3.85. The molecule has 180 valence electrons. The highest BCUT2D eigenvalue weighted by Crippen LogP contribution is 2.20. The molecule has 0 fully saturated rings. The third kappa shape index (κ3) is 8.23. The summed E-state index contributed by atoms with van der Waals surface area (Å²) in [4.78, 5) is 26.3. The summed E-state index contributed by atoms with van der Waals surface area (Å²) in [6.07, 6.45) is 3.61. The fourth-order valence-corrected chi connectivity index (χ4v) is 3.85. The first kappa shape index (κ1) is 26.9. The summed E-state index contributed by atoms with van der Waals surface area (Å²) in [5, 5.41) is 12.6. The van der Waals surface area contributed by atoms with Crippen molar-refractivity contribution in [2.45, 2.75) is 32.1 Å². The molecule has 1 amide bonds. The topological polar surface area (TPSA) is 69.6 Å². The van der Waals surface area contributed by atoms with E-state index in [0.29, 0.717) is 18.4 Å². The average Bonchev–Trinajstić information content (AvgIpc) is 2.82. The molecule has 5 nitrogen and oxygen atoms in total. The van der Waals surface area contributed by atoms with Crippen LogP contribution in [0.5, 0.6) is 0 Å². The number of aryl methyl sites for hydroxylation is 2. The van der Waals surface area contributed by atoms with E-state index in [9.17, 15) is 14.7 Å². The number of nitrogens with zero attached hydrogens (tertiary/aromatic N) is 1. The zero-order valence-electron chi connectivity index (χ0n) is 19.7. The maximum atomic E-state index is 12.6. The van der Waals surface area contributed by atoms with Crippen molar-refractivity contribution in [3.05, 3.63) is 95.6 Å². The summed E-state index contributed by atoms with van der Waals surface area (Å²) in [6, 6.07) is 25.2. The molecule has 0 aliphatic rings. The second kappa shape index (κ2) is 13.4. The molecule has 0 radical (unpaired) electrons. The molecule has 6 heteroatoms. The van der Waals surface area contributed by atoms with Crippen LogP contribution in [-0.2, 0) is 17.6 Å². The van der Waals surface area contributed by atoms with Crippen molar-refractivity contribution in [2.24, 2.45) is 5.92 Å². The van der Waals surface area contributed by atoms with Crippen LogP contribution >= 0.6 is 12.4 Å². The van der Waals surface area contributed by atoms with Gasteiger partial charge in [-0.15, -0.1) is 12.4 Å². The minimum Gasteiger partial charge on any atom is -0.481 e. The van der Waals surface area contributed by atoms with Crippen LogP contribution in [0.15, 0.2) is 78.9 Å². The molecule has 0 heterocycles. The number of anilines is 2. The number of benzene rings is 3. The molecule has 34 heavy (non-hydrogen) atoms. The summed E-state index contributed by atoms with van der Waals surface area (Å²) < 4.78 is 0. The smallest absolute Gasteiger partial charge is 0.306 e. The number of carboxylic acid groups (broad SMARTS) is 1. The Hall–Kier alpha value is -3.31. The molecule has 0 aromatic heterocycles. The van der Waals surface area contributed by atoms with Crippen molar-refractivity contribution in [1.29, 1.82) is 0 Å². The third-order valence-corrected chi connectivity index (χ3v) is 5.82. The number of rotatable bonds is 11. The van der Waals surface area contributed by atoms with Crippen molar-refractivity contribution >= 4 is 35.7 Å². The molecule has 0 bridgehead atoms. The molecule has 3 aromatic rings. The van der Waals surface area contributed by atoms with Crippen LogP contribution in [0.2, 0.25) is 0 Å². The molecule has 2 N–H and O–H groups in total. The van der Waals surface area contributed by atoms with Gasteiger partial charge in [-0.1, -0.05) is 42.5 Å². The molecule has 0 saturated heterocycles. The SMILES string of the molecule is CN(C)c1ccc(C(=O)Nc2cccc(CCCC(CCc3ccccc3)C(=O)O)c2)cc1.Cl. The van der Waals surface area contributed by atoms with E-state index < -0.39 is 5.97 Å². The monoisotopic (exact) mass is 480 g/mol. The standard InChI is InChI=1S/C28H32N2O3.ClH/c1-30(2)26-18-16-23(17-19-26)27(31)29-25-13-7-11-22(20-25)10-6-12-24(28(32)33)15-14-21-8-4-3-5-9-21;/h3-5,7-9,11,13,16-20,24H,6,10,12,14-15H2,1-2H3,(H,29,31)(H,32,33);1H. The number of carboxylic acids is 1. The summed E-state index contributed by atoms with van der Waals surface area (Å²) >= 11 is 0. The van der Waals surface area contributed by atoms with Crippen LogP contribution in [-0.4, -0.2) is 31.1 Å². The van der Waals surface area contributed by atoms with Gasteiger partial charge in [0.2, 0.25) is 0 Å². The van der Waals surface area contributed by atoms with Gasteiger partial charge in [-0.05, 0) is 79.6 Å². The minimum atomic E-state index is -0.729. The maximum Gasteiger partial charge on any atom is 0.306 e. The predicted molar refractivity (Wildman–Crippen MR) is 141 cm³/mol. The van der Waals surface area contributed by atoms with Crippen molar-refractivity contribution in [2.75, 3.05) is 24.3 Å². The first-order valence-electron chi connectivity index (χ1n) is 11.4. The Bertz CT molecular complexity index is 1050. The first-order chi connectivity index (χ1) is 15.9. The molecular formula is C28H33ClN2O3. The number of halogens is 1. The summed E-state index contributed by atoms with van der Waals surface area (Å²) in [7, 11) is 3.92. The van der Waals surface area contributed by atoms with E-state index in [1.54, 1.807) is 0 Å². The van der Waals surface area contributed by atoms with Crippen molar-refractivity contribution in [3.63, 3.8) is 0 Å². The quantitative estimate of drug-likeness (QED) is 0.348. The van der Waals surface area contributed by atoms with Crippen LogP contribution < -0.4 is 10.2 Å². The summed E-state index contributed by atoms with van der Waals surface area (Å²) in [5.74, 6) is -1.23. The molecule has 1 unspecified atom stereocenters. The number of carbonyl (C=O) groups excluding carboxylic acids is 1. The molecule has 3 rings (SSSR count). The molecular weight excluding hydrogens is 448 g/mol. The van der Waals surface area contributed by atoms with E-state index in [0.717, 1.165) is 36.2 Å². The van der Waals surface area contributed by atoms with Gasteiger partial charge < -0.3 is 15.3 Å². The van der Waals surface area contributed by atoms with E-state index in [4.69, 9.17) is 0 Å². The van der Waals surface area contributed by atoms with Crippen molar-refractivity contribution < 1.29 is 14.7 Å². The highest BCUT2D eigenvalue weighted by atomic mass is 35.5. The largest absolute Gasteiger partial charge is 0.481 e. The number of nitrogens with one attached hydrogen (secondary N) is 1. The molecule has 1 atom stereocenters. The van der Waals surface area contributed by atoms with Gasteiger partial charge in [0, 0.05) is 31.0 Å². The van der Waals surface area contributed by atoms with Crippen molar-refractivity contribution in [1.82, 2.24) is 0 Å².